The summed E-state index contributed by atoms with van der Waals surface area (Å²) in [5.41, 5.74) is 2.61. The minimum Gasteiger partial charge on any atom is -0.350 e. The minimum absolute atomic E-state index is 0.544. The Morgan fingerprint density at radius 2 is 2.11 bits per heavy atom. The van der Waals surface area contributed by atoms with Crippen LogP contribution >= 0.6 is 0 Å². The topological polar surface area (TPSA) is 53.9 Å². The number of aromatic nitrogens is 3. The highest BCUT2D eigenvalue weighted by molar-refractivity contribution is 5.67. The third-order valence-electron chi connectivity index (χ3n) is 3.62. The van der Waals surface area contributed by atoms with Crippen LogP contribution in [0.2, 0.25) is 0 Å². The molecule has 1 fully saturated rings. The second-order valence-electron chi connectivity index (χ2n) is 5.09. The van der Waals surface area contributed by atoms with Gasteiger partial charge < -0.3 is 10.2 Å². The molecule has 0 spiro atoms. The first kappa shape index (κ1) is 10.7. The highest BCUT2D eigenvalue weighted by Crippen LogP contribution is 2.33. The molecule has 1 aromatic heterocycles. The maximum Gasteiger partial charge on any atom is 0.244 e. The van der Waals surface area contributed by atoms with Gasteiger partial charge in [0.15, 0.2) is 5.82 Å². The molecule has 1 aliphatic carbocycles. The molecule has 1 saturated carbocycles. The Hall–Kier alpha value is -2.17. The van der Waals surface area contributed by atoms with Crippen LogP contribution in [0.3, 0.4) is 0 Å². The van der Waals surface area contributed by atoms with Crippen LogP contribution < -0.4 is 10.2 Å². The summed E-state index contributed by atoms with van der Waals surface area (Å²) in [4.78, 5) is 6.79. The molecule has 4 rings (SSSR count). The van der Waals surface area contributed by atoms with E-state index in [1.165, 1.54) is 24.1 Å². The smallest absolute Gasteiger partial charge is 0.244 e. The minimum atomic E-state index is 0.544. The van der Waals surface area contributed by atoms with Crippen LogP contribution in [-0.2, 0) is 6.42 Å². The van der Waals surface area contributed by atoms with Crippen LogP contribution in [0, 0.1) is 0 Å². The van der Waals surface area contributed by atoms with Gasteiger partial charge >= 0.3 is 0 Å². The molecule has 2 aromatic rings. The Morgan fingerprint density at radius 3 is 3.00 bits per heavy atom. The molecule has 96 valence electrons. The van der Waals surface area contributed by atoms with Crippen molar-refractivity contribution in [1.82, 2.24) is 15.2 Å². The molecule has 5 nitrogen and oxygen atoms in total. The van der Waals surface area contributed by atoms with Gasteiger partial charge in [-0.15, -0.1) is 5.10 Å². The monoisotopic (exact) mass is 253 g/mol. The first-order chi connectivity index (χ1) is 9.40. The Labute approximate surface area is 111 Å². The Kier molecular flexibility index (Phi) is 2.36. The molecule has 19 heavy (non-hydrogen) atoms. The fourth-order valence-corrected chi connectivity index (χ4v) is 2.47. The van der Waals surface area contributed by atoms with Crippen LogP contribution in [0.25, 0.3) is 0 Å². The van der Waals surface area contributed by atoms with Crippen molar-refractivity contribution >= 4 is 17.5 Å². The Morgan fingerprint density at radius 1 is 1.21 bits per heavy atom. The summed E-state index contributed by atoms with van der Waals surface area (Å²) in [7, 11) is 0. The van der Waals surface area contributed by atoms with Gasteiger partial charge in [0.25, 0.3) is 0 Å². The van der Waals surface area contributed by atoms with E-state index in [1.54, 1.807) is 6.20 Å². The SMILES string of the molecule is c1ccc2c(c1)CCN2c1cnnc(NC2CC2)n1. The first-order valence-corrected chi connectivity index (χ1v) is 6.72. The number of anilines is 3. The zero-order valence-corrected chi connectivity index (χ0v) is 10.6. The lowest BCUT2D eigenvalue weighted by atomic mass is 10.2. The summed E-state index contributed by atoms with van der Waals surface area (Å²) in [6.45, 7) is 0.959. The second kappa shape index (κ2) is 4.19. The van der Waals surface area contributed by atoms with Gasteiger partial charge in [0.1, 0.15) is 0 Å². The molecule has 1 aromatic carbocycles. The predicted molar refractivity (Wildman–Crippen MR) is 73.6 cm³/mol. The second-order valence-corrected chi connectivity index (χ2v) is 5.09. The molecule has 0 amide bonds. The van der Waals surface area contributed by atoms with E-state index in [0.717, 1.165) is 18.8 Å². The fourth-order valence-electron chi connectivity index (χ4n) is 2.47. The molecule has 0 atom stereocenters. The van der Waals surface area contributed by atoms with Crippen LogP contribution in [0.1, 0.15) is 18.4 Å². The number of hydrogen-bond donors (Lipinski definition) is 1. The molecule has 1 aliphatic heterocycles. The Bertz CT molecular complexity index is 608. The normalized spacial score (nSPS) is 17.4. The van der Waals surface area contributed by atoms with E-state index in [2.05, 4.69) is 49.7 Å². The highest BCUT2D eigenvalue weighted by atomic mass is 15.3. The highest BCUT2D eigenvalue weighted by Gasteiger charge is 2.24. The van der Waals surface area contributed by atoms with Gasteiger partial charge in [-0.1, -0.05) is 18.2 Å². The van der Waals surface area contributed by atoms with Gasteiger partial charge in [-0.25, -0.2) is 0 Å². The van der Waals surface area contributed by atoms with Crippen LogP contribution in [-0.4, -0.2) is 27.8 Å². The summed E-state index contributed by atoms with van der Waals surface area (Å²) in [5, 5.41) is 11.4. The van der Waals surface area contributed by atoms with E-state index in [9.17, 15) is 0 Å². The van der Waals surface area contributed by atoms with Crippen LogP contribution in [0.5, 0.6) is 0 Å². The number of benzene rings is 1. The van der Waals surface area contributed by atoms with E-state index in [0.29, 0.717) is 12.0 Å². The molecule has 0 bridgehead atoms. The number of nitrogens with one attached hydrogen (secondary N) is 1. The summed E-state index contributed by atoms with van der Waals surface area (Å²) >= 11 is 0. The summed E-state index contributed by atoms with van der Waals surface area (Å²) in [6.07, 6.45) is 5.21. The number of para-hydroxylation sites is 1. The number of nitrogens with zero attached hydrogens (tertiary/aromatic N) is 4. The van der Waals surface area contributed by atoms with Crippen LogP contribution in [0.4, 0.5) is 17.5 Å². The lowest BCUT2D eigenvalue weighted by Crippen LogP contribution is -2.17. The lowest BCUT2D eigenvalue weighted by molar-refractivity contribution is 0.903. The molecular formula is C14H15N5. The van der Waals surface area contributed by atoms with Crippen molar-refractivity contribution in [2.24, 2.45) is 0 Å². The van der Waals surface area contributed by atoms with Gasteiger partial charge in [-0.3, -0.25) is 0 Å². The first-order valence-electron chi connectivity index (χ1n) is 6.72. The molecule has 0 unspecified atom stereocenters. The molecular weight excluding hydrogens is 238 g/mol. The van der Waals surface area contributed by atoms with Crippen molar-refractivity contribution < 1.29 is 0 Å². The molecule has 0 radical (unpaired) electrons. The van der Waals surface area contributed by atoms with E-state index in [-0.39, 0.29) is 0 Å². The van der Waals surface area contributed by atoms with E-state index >= 15 is 0 Å². The predicted octanol–water partition coefficient (Wildman–Crippen LogP) is 2.14. The average molecular weight is 253 g/mol. The van der Waals surface area contributed by atoms with E-state index in [1.807, 2.05) is 0 Å². The quantitative estimate of drug-likeness (QED) is 0.908. The number of rotatable bonds is 3. The van der Waals surface area contributed by atoms with Crippen molar-refractivity contribution in [2.75, 3.05) is 16.8 Å². The zero-order chi connectivity index (χ0) is 12.7. The summed E-state index contributed by atoms with van der Waals surface area (Å²) in [6, 6.07) is 9.00. The number of fused-ring (bicyclic) bond motifs is 1. The number of hydrogen-bond acceptors (Lipinski definition) is 5. The van der Waals surface area contributed by atoms with E-state index < -0.39 is 0 Å². The Balaban J connectivity index is 1.65. The van der Waals surface area contributed by atoms with Gasteiger partial charge in [-0.2, -0.15) is 10.1 Å². The van der Waals surface area contributed by atoms with Crippen molar-refractivity contribution in [3.05, 3.63) is 36.0 Å². The molecule has 2 heterocycles. The maximum atomic E-state index is 4.57. The summed E-state index contributed by atoms with van der Waals surface area (Å²) in [5.74, 6) is 1.52. The van der Waals surface area contributed by atoms with Crippen molar-refractivity contribution in [3.8, 4) is 0 Å². The van der Waals surface area contributed by atoms with Gasteiger partial charge in [-0.05, 0) is 30.9 Å². The lowest BCUT2D eigenvalue weighted by Gasteiger charge is -2.18. The van der Waals surface area contributed by atoms with Gasteiger partial charge in [0.2, 0.25) is 5.95 Å². The fraction of sp³-hybridized carbons (Fsp3) is 0.357. The largest absolute Gasteiger partial charge is 0.350 e. The van der Waals surface area contributed by atoms with E-state index in [4.69, 9.17) is 0 Å². The van der Waals surface area contributed by atoms with Crippen LogP contribution in [0.15, 0.2) is 30.5 Å². The maximum absolute atomic E-state index is 4.57. The van der Waals surface area contributed by atoms with Crippen molar-refractivity contribution in [1.29, 1.82) is 0 Å². The standard InChI is InChI=1S/C14H15N5/c1-2-4-12-10(3-1)7-8-19(12)13-9-15-18-14(17-13)16-11-5-6-11/h1-4,9,11H,5-8H2,(H,16,17,18). The third-order valence-corrected chi connectivity index (χ3v) is 3.62. The molecule has 5 heteroatoms. The van der Waals surface area contributed by atoms with Gasteiger partial charge in [0.05, 0.1) is 6.20 Å². The zero-order valence-electron chi connectivity index (χ0n) is 10.6. The molecule has 1 N–H and O–H groups in total. The third kappa shape index (κ3) is 2.01. The molecule has 2 aliphatic rings. The summed E-state index contributed by atoms with van der Waals surface area (Å²) < 4.78 is 0. The average Bonchev–Trinajstić information content (AvgIpc) is 3.16. The van der Waals surface area contributed by atoms with Crippen molar-refractivity contribution in [2.45, 2.75) is 25.3 Å². The van der Waals surface area contributed by atoms with Crippen molar-refractivity contribution in [3.63, 3.8) is 0 Å². The molecule has 0 saturated heterocycles. The van der Waals surface area contributed by atoms with Gasteiger partial charge in [0, 0.05) is 18.3 Å².